The number of carbonyl (C=O) groups is 4. The summed E-state index contributed by atoms with van der Waals surface area (Å²) in [5.74, 6) is -1.46. The molecule has 194 valence electrons. The molecule has 1 rings (SSSR count). The molecule has 2 N–H and O–H groups in total. The lowest BCUT2D eigenvalue weighted by Crippen LogP contribution is -2.54. The molecule has 0 aliphatic heterocycles. The van der Waals surface area contributed by atoms with Gasteiger partial charge in [0.2, 0.25) is 11.8 Å². The molecule has 2 atom stereocenters. The summed E-state index contributed by atoms with van der Waals surface area (Å²) >= 11 is 4.23. The predicted octanol–water partition coefficient (Wildman–Crippen LogP) is 2.94. The third kappa shape index (κ3) is 10.4. The number of esters is 1. The minimum atomic E-state index is -1.05. The van der Waals surface area contributed by atoms with Crippen molar-refractivity contribution in [1.29, 1.82) is 0 Å². The zero-order valence-electron chi connectivity index (χ0n) is 21.1. The van der Waals surface area contributed by atoms with Crippen LogP contribution in [0.25, 0.3) is 0 Å². The molecule has 0 aliphatic carbocycles. The first-order valence-electron chi connectivity index (χ1n) is 11.4. The van der Waals surface area contributed by atoms with Crippen LogP contribution in [0.1, 0.15) is 51.3 Å². The molecule has 1 aromatic rings. The Morgan fingerprint density at radius 1 is 1.23 bits per heavy atom. The molecule has 0 heterocycles. The van der Waals surface area contributed by atoms with Crippen molar-refractivity contribution in [3.05, 3.63) is 48.0 Å². The highest BCUT2D eigenvalue weighted by Gasteiger charge is 2.35. The van der Waals surface area contributed by atoms with E-state index < -0.39 is 41.6 Å². The van der Waals surface area contributed by atoms with E-state index in [1.165, 1.54) is 11.0 Å². The van der Waals surface area contributed by atoms with Crippen molar-refractivity contribution in [2.75, 3.05) is 25.4 Å². The molecule has 0 saturated heterocycles. The second-order valence-corrected chi connectivity index (χ2v) is 9.19. The average molecular weight is 508 g/mol. The zero-order valence-corrected chi connectivity index (χ0v) is 22.0. The van der Waals surface area contributed by atoms with Gasteiger partial charge >= 0.3 is 12.1 Å². The number of hydrogen-bond donors (Lipinski definition) is 3. The number of ether oxygens (including phenoxy) is 2. The summed E-state index contributed by atoms with van der Waals surface area (Å²) in [6.07, 6.45) is 0.722. The zero-order chi connectivity index (χ0) is 26.6. The molecule has 10 heteroatoms. The standard InChI is InChI=1S/C25H37N3O6S/c1-7-14-28(23(31)19(16-35)27-24(32)34-25(4,5)6)21(18-11-9-10-17(3)15-18)22(30)26-13-12-20(29)33-8-2/h7,9-11,15,19,21,35H,1,8,12-14,16H2,2-6H3,(H,26,30)(H,27,32). The summed E-state index contributed by atoms with van der Waals surface area (Å²) in [6.45, 7) is 12.7. The molecule has 0 aromatic heterocycles. The maximum Gasteiger partial charge on any atom is 0.408 e. The number of amides is 3. The molecule has 0 spiro atoms. The Balaban J connectivity index is 3.24. The van der Waals surface area contributed by atoms with Crippen LogP contribution in [0.4, 0.5) is 4.79 Å². The van der Waals surface area contributed by atoms with Gasteiger partial charge in [-0.2, -0.15) is 12.6 Å². The van der Waals surface area contributed by atoms with Gasteiger partial charge in [-0.25, -0.2) is 4.79 Å². The number of aryl methyl sites for hydroxylation is 1. The Labute approximate surface area is 213 Å². The topological polar surface area (TPSA) is 114 Å². The van der Waals surface area contributed by atoms with Gasteiger partial charge in [0.25, 0.3) is 0 Å². The summed E-state index contributed by atoms with van der Waals surface area (Å²) in [5.41, 5.74) is 0.720. The molecule has 0 saturated carbocycles. The lowest BCUT2D eigenvalue weighted by Gasteiger charge is -2.33. The van der Waals surface area contributed by atoms with Gasteiger partial charge in [0.1, 0.15) is 17.7 Å². The number of alkyl carbamates (subject to hydrolysis) is 1. The fourth-order valence-electron chi connectivity index (χ4n) is 3.23. The van der Waals surface area contributed by atoms with Crippen LogP contribution in [0.15, 0.2) is 36.9 Å². The van der Waals surface area contributed by atoms with Crippen LogP contribution in [0.2, 0.25) is 0 Å². The van der Waals surface area contributed by atoms with E-state index in [-0.39, 0.29) is 31.9 Å². The Bertz CT molecular complexity index is 899. The molecule has 35 heavy (non-hydrogen) atoms. The molecule has 2 unspecified atom stereocenters. The quantitative estimate of drug-likeness (QED) is 0.228. The highest BCUT2D eigenvalue weighted by molar-refractivity contribution is 7.80. The molecular formula is C25H37N3O6S. The third-order valence-corrected chi connectivity index (χ3v) is 5.00. The number of thiol groups is 1. The Morgan fingerprint density at radius 2 is 1.91 bits per heavy atom. The highest BCUT2D eigenvalue weighted by Crippen LogP contribution is 2.24. The Kier molecular flexibility index (Phi) is 12.4. The van der Waals surface area contributed by atoms with Crippen molar-refractivity contribution in [2.45, 2.75) is 58.7 Å². The summed E-state index contributed by atoms with van der Waals surface area (Å²) in [7, 11) is 0. The van der Waals surface area contributed by atoms with E-state index in [4.69, 9.17) is 9.47 Å². The first-order chi connectivity index (χ1) is 16.4. The van der Waals surface area contributed by atoms with E-state index in [9.17, 15) is 19.2 Å². The van der Waals surface area contributed by atoms with E-state index in [0.29, 0.717) is 5.56 Å². The first-order valence-corrected chi connectivity index (χ1v) is 12.1. The third-order valence-electron chi connectivity index (χ3n) is 4.63. The van der Waals surface area contributed by atoms with Crippen molar-refractivity contribution < 1.29 is 28.7 Å². The summed E-state index contributed by atoms with van der Waals surface area (Å²) < 4.78 is 10.2. The van der Waals surface area contributed by atoms with Crippen molar-refractivity contribution in [2.24, 2.45) is 0 Å². The van der Waals surface area contributed by atoms with Crippen LogP contribution >= 0.6 is 12.6 Å². The maximum atomic E-state index is 13.5. The van der Waals surface area contributed by atoms with Crippen LogP contribution in [0.5, 0.6) is 0 Å². The molecule has 0 fully saturated rings. The van der Waals surface area contributed by atoms with Gasteiger partial charge < -0.3 is 25.0 Å². The van der Waals surface area contributed by atoms with E-state index in [2.05, 4.69) is 29.8 Å². The number of nitrogens with one attached hydrogen (secondary N) is 2. The number of carbonyl (C=O) groups excluding carboxylic acids is 4. The van der Waals surface area contributed by atoms with E-state index >= 15 is 0 Å². The highest BCUT2D eigenvalue weighted by atomic mass is 32.1. The van der Waals surface area contributed by atoms with Crippen molar-refractivity contribution in [1.82, 2.24) is 15.5 Å². The molecule has 0 aliphatic rings. The molecular weight excluding hydrogens is 470 g/mol. The van der Waals surface area contributed by atoms with Crippen LogP contribution in [0, 0.1) is 6.92 Å². The second-order valence-electron chi connectivity index (χ2n) is 8.82. The van der Waals surface area contributed by atoms with Crippen molar-refractivity contribution in [3.63, 3.8) is 0 Å². The predicted molar refractivity (Wildman–Crippen MR) is 137 cm³/mol. The smallest absolute Gasteiger partial charge is 0.408 e. The summed E-state index contributed by atoms with van der Waals surface area (Å²) in [5, 5.41) is 5.25. The van der Waals surface area contributed by atoms with Gasteiger partial charge in [0.05, 0.1) is 13.0 Å². The first kappa shape index (κ1) is 30.0. The normalized spacial score (nSPS) is 12.6. The molecule has 3 amide bonds. The lowest BCUT2D eigenvalue weighted by molar-refractivity contribution is -0.144. The van der Waals surface area contributed by atoms with Crippen LogP contribution < -0.4 is 10.6 Å². The van der Waals surface area contributed by atoms with Crippen LogP contribution in [-0.2, 0) is 23.9 Å². The minimum absolute atomic E-state index is 0.00497. The van der Waals surface area contributed by atoms with Gasteiger partial charge in [-0.05, 0) is 40.2 Å². The van der Waals surface area contributed by atoms with Crippen LogP contribution in [-0.4, -0.2) is 65.9 Å². The monoisotopic (exact) mass is 507 g/mol. The molecule has 9 nitrogen and oxygen atoms in total. The molecule has 0 radical (unpaired) electrons. The van der Waals surface area contributed by atoms with Crippen molar-refractivity contribution >= 4 is 36.5 Å². The second kappa shape index (κ2) is 14.4. The number of hydrogen-bond acceptors (Lipinski definition) is 7. The Morgan fingerprint density at radius 3 is 2.46 bits per heavy atom. The van der Waals surface area contributed by atoms with Crippen molar-refractivity contribution in [3.8, 4) is 0 Å². The van der Waals surface area contributed by atoms with E-state index in [0.717, 1.165) is 5.56 Å². The Hall–Kier alpha value is -3.01. The van der Waals surface area contributed by atoms with Gasteiger partial charge in [0, 0.05) is 18.8 Å². The SMILES string of the molecule is C=CCN(C(=O)C(CS)NC(=O)OC(C)(C)C)C(C(=O)NCCC(=O)OCC)c1cccc(C)c1. The number of rotatable bonds is 12. The minimum Gasteiger partial charge on any atom is -0.466 e. The maximum absolute atomic E-state index is 13.5. The molecule has 0 bridgehead atoms. The van der Waals surface area contributed by atoms with Gasteiger partial charge in [0.15, 0.2) is 0 Å². The van der Waals surface area contributed by atoms with Gasteiger partial charge in [-0.3, -0.25) is 14.4 Å². The summed E-state index contributed by atoms with van der Waals surface area (Å²) in [6, 6.07) is 5.12. The fraction of sp³-hybridized carbons (Fsp3) is 0.520. The largest absolute Gasteiger partial charge is 0.466 e. The van der Waals surface area contributed by atoms with Gasteiger partial charge in [-0.1, -0.05) is 35.9 Å². The fourth-order valence-corrected chi connectivity index (χ4v) is 3.48. The van der Waals surface area contributed by atoms with E-state index in [1.807, 2.05) is 13.0 Å². The number of nitrogens with zero attached hydrogens (tertiary/aromatic N) is 1. The molecule has 1 aromatic carbocycles. The van der Waals surface area contributed by atoms with E-state index in [1.54, 1.807) is 45.9 Å². The van der Waals surface area contributed by atoms with Gasteiger partial charge in [-0.15, -0.1) is 6.58 Å². The average Bonchev–Trinajstić information content (AvgIpc) is 2.75. The van der Waals surface area contributed by atoms with Crippen LogP contribution in [0.3, 0.4) is 0 Å². The number of benzene rings is 1. The lowest BCUT2D eigenvalue weighted by atomic mass is 10.0. The summed E-state index contributed by atoms with van der Waals surface area (Å²) in [4.78, 5) is 52.2.